The molecule has 40 heavy (non-hydrogen) atoms. The zero-order valence-electron chi connectivity index (χ0n) is 22.4. The first-order valence-electron chi connectivity index (χ1n) is 12.9. The molecule has 11 heteroatoms. The lowest BCUT2D eigenvalue weighted by atomic mass is 9.91. The maximum Gasteiger partial charge on any atom is 0.263 e. The number of sulfonamides is 1. The Bertz CT molecular complexity index is 1710. The van der Waals surface area contributed by atoms with E-state index < -0.39 is 15.8 Å². The topological polar surface area (TPSA) is 124 Å². The molecule has 0 spiro atoms. The van der Waals surface area contributed by atoms with Crippen LogP contribution >= 0.6 is 0 Å². The molecule has 9 nitrogen and oxygen atoms in total. The molecule has 2 aromatic carbocycles. The standard InChI is InChI=1S/C29H28FN7O2S/c1-18-14-25(34-26-17-32-29(35-28(18)26)33-21-9-11-22(12-10-21)37(2)3)19-8-13-24(23(30)15-19)36-40(38,39)27-7-5-4-6-20(27)16-31/h5,7-8,13-15,17,21-22,36H,9-12H2,1-3H3,(H,32,33,35)/t21-,22-. The predicted molar refractivity (Wildman–Crippen MR) is 150 cm³/mol. The molecule has 0 atom stereocenters. The van der Waals surface area contributed by atoms with Gasteiger partial charge in [-0.2, -0.15) is 5.26 Å². The molecule has 1 saturated carbocycles. The van der Waals surface area contributed by atoms with E-state index in [-0.39, 0.29) is 16.1 Å². The van der Waals surface area contributed by atoms with Crippen LogP contribution in [-0.2, 0) is 10.0 Å². The minimum atomic E-state index is -4.22. The molecule has 1 aliphatic carbocycles. The van der Waals surface area contributed by atoms with E-state index in [2.05, 4.69) is 51.1 Å². The molecule has 0 bridgehead atoms. The monoisotopic (exact) mass is 557 g/mol. The van der Waals surface area contributed by atoms with Crippen LogP contribution in [0.25, 0.3) is 22.3 Å². The van der Waals surface area contributed by atoms with Crippen LogP contribution in [0.3, 0.4) is 0 Å². The largest absolute Gasteiger partial charge is 0.351 e. The fourth-order valence-electron chi connectivity index (χ4n) is 4.96. The molecule has 1 fully saturated rings. The molecule has 1 aliphatic rings. The van der Waals surface area contributed by atoms with Crippen LogP contribution in [0.4, 0.5) is 16.0 Å². The van der Waals surface area contributed by atoms with Crippen LogP contribution in [0.1, 0.15) is 36.8 Å². The van der Waals surface area contributed by atoms with Crippen molar-refractivity contribution in [3.8, 4) is 17.3 Å². The molecule has 0 aliphatic heterocycles. The van der Waals surface area contributed by atoms with E-state index in [9.17, 15) is 13.7 Å². The van der Waals surface area contributed by atoms with Gasteiger partial charge in [0, 0.05) is 17.6 Å². The Hall–Kier alpha value is -4.32. The van der Waals surface area contributed by atoms with Crippen molar-refractivity contribution in [2.75, 3.05) is 24.1 Å². The normalized spacial score (nSPS) is 17.3. The van der Waals surface area contributed by atoms with Gasteiger partial charge >= 0.3 is 0 Å². The average molecular weight is 558 g/mol. The van der Waals surface area contributed by atoms with Gasteiger partial charge in [0.2, 0.25) is 5.95 Å². The van der Waals surface area contributed by atoms with E-state index in [0.717, 1.165) is 31.2 Å². The summed E-state index contributed by atoms with van der Waals surface area (Å²) in [6.07, 6.45) is 6.03. The first-order valence-corrected chi connectivity index (χ1v) is 14.4. The van der Waals surface area contributed by atoms with Gasteiger partial charge in [0.1, 0.15) is 27.9 Å². The highest BCUT2D eigenvalue weighted by Gasteiger charge is 2.23. The molecule has 204 valence electrons. The Morgan fingerprint density at radius 3 is 2.60 bits per heavy atom. The van der Waals surface area contributed by atoms with Crippen LogP contribution in [0, 0.1) is 36.2 Å². The Morgan fingerprint density at radius 2 is 1.90 bits per heavy atom. The second-order valence-electron chi connectivity index (χ2n) is 10.1. The van der Waals surface area contributed by atoms with Crippen molar-refractivity contribution in [2.45, 2.75) is 49.6 Å². The summed E-state index contributed by atoms with van der Waals surface area (Å²) in [5.74, 6) is -0.222. The number of rotatable bonds is 7. The van der Waals surface area contributed by atoms with Gasteiger partial charge in [0.15, 0.2) is 0 Å². The van der Waals surface area contributed by atoms with E-state index in [4.69, 9.17) is 4.98 Å². The molecule has 2 N–H and O–H groups in total. The fourth-order valence-corrected chi connectivity index (χ4v) is 6.14. The molecular formula is C29H28FN7O2S. The van der Waals surface area contributed by atoms with E-state index in [1.165, 1.54) is 24.3 Å². The van der Waals surface area contributed by atoms with Gasteiger partial charge in [-0.05, 0) is 88.7 Å². The van der Waals surface area contributed by atoms with E-state index in [1.54, 1.807) is 18.3 Å². The summed E-state index contributed by atoms with van der Waals surface area (Å²) in [6, 6.07) is 16.1. The third-order valence-corrected chi connectivity index (χ3v) is 8.58. The predicted octanol–water partition coefficient (Wildman–Crippen LogP) is 4.70. The third kappa shape index (κ3) is 5.67. The second kappa shape index (κ2) is 11.0. The first kappa shape index (κ1) is 27.3. The number of nitriles is 1. The van der Waals surface area contributed by atoms with Gasteiger partial charge in [-0.15, -0.1) is 0 Å². The first-order chi connectivity index (χ1) is 19.1. The minimum absolute atomic E-state index is 0.208. The molecule has 5 rings (SSSR count). The Labute approximate surface area is 233 Å². The summed E-state index contributed by atoms with van der Waals surface area (Å²) in [6.45, 7) is 1.91. The van der Waals surface area contributed by atoms with Gasteiger partial charge in [-0.1, -0.05) is 12.1 Å². The van der Waals surface area contributed by atoms with Crippen molar-refractivity contribution in [3.05, 3.63) is 71.7 Å². The number of fused-ring (bicyclic) bond motifs is 1. The molecule has 0 amide bonds. The molecule has 0 radical (unpaired) electrons. The number of aromatic nitrogens is 3. The second-order valence-corrected chi connectivity index (χ2v) is 11.8. The van der Waals surface area contributed by atoms with E-state index in [0.29, 0.717) is 40.3 Å². The van der Waals surface area contributed by atoms with Crippen molar-refractivity contribution >= 4 is 32.7 Å². The molecule has 0 unspecified atom stereocenters. The average Bonchev–Trinajstić information content (AvgIpc) is 2.94. The zero-order chi connectivity index (χ0) is 28.4. The smallest absolute Gasteiger partial charge is 0.263 e. The number of nitrogens with zero attached hydrogens (tertiary/aromatic N) is 5. The summed E-state index contributed by atoms with van der Waals surface area (Å²) in [5, 5.41) is 12.6. The molecule has 0 saturated heterocycles. The highest BCUT2D eigenvalue weighted by atomic mass is 32.2. The van der Waals surface area contributed by atoms with Crippen molar-refractivity contribution in [3.63, 3.8) is 0 Å². The lowest BCUT2D eigenvalue weighted by Crippen LogP contribution is -2.36. The lowest BCUT2D eigenvalue weighted by molar-refractivity contribution is 0.221. The lowest BCUT2D eigenvalue weighted by Gasteiger charge is -2.32. The number of nitrogens with one attached hydrogen (secondary N) is 2. The molecule has 4 aromatic rings. The van der Waals surface area contributed by atoms with Crippen LogP contribution in [0.15, 0.2) is 47.5 Å². The quantitative estimate of drug-likeness (QED) is 0.335. The number of anilines is 2. The molecule has 2 aromatic heterocycles. The maximum atomic E-state index is 15.1. The summed E-state index contributed by atoms with van der Waals surface area (Å²) in [7, 11) is 0.0231. The maximum absolute atomic E-state index is 15.1. The van der Waals surface area contributed by atoms with E-state index >= 15 is 4.39 Å². The Kier molecular flexibility index (Phi) is 7.53. The van der Waals surface area contributed by atoms with Crippen molar-refractivity contribution in [1.82, 2.24) is 19.9 Å². The van der Waals surface area contributed by atoms with Gasteiger partial charge in [0.25, 0.3) is 10.0 Å². The summed E-state index contributed by atoms with van der Waals surface area (Å²) in [5.41, 5.74) is 2.64. The van der Waals surface area contributed by atoms with Crippen molar-refractivity contribution in [2.24, 2.45) is 0 Å². The summed E-state index contributed by atoms with van der Waals surface area (Å²) < 4.78 is 42.8. The minimum Gasteiger partial charge on any atom is -0.351 e. The van der Waals surface area contributed by atoms with E-state index in [1.807, 2.05) is 13.0 Å². The van der Waals surface area contributed by atoms with Crippen LogP contribution in [0.5, 0.6) is 0 Å². The Balaban J connectivity index is 1.35. The van der Waals surface area contributed by atoms with Crippen molar-refractivity contribution in [1.29, 1.82) is 5.26 Å². The SMILES string of the molecule is Cc1cc(-c2ccc(NS(=O)(=O)c3ccc#cc3C#N)c(F)c2)nc2cnc(N[C@H]3CC[C@H](N(C)C)CC3)nc12. The van der Waals surface area contributed by atoms with Gasteiger partial charge < -0.3 is 10.2 Å². The van der Waals surface area contributed by atoms with Gasteiger partial charge in [-0.25, -0.2) is 27.8 Å². The van der Waals surface area contributed by atoms with Crippen LogP contribution in [0.2, 0.25) is 0 Å². The number of aryl methyl sites for hydroxylation is 1. The molecule has 2 heterocycles. The fraction of sp³-hybridized carbons (Fsp3) is 0.310. The van der Waals surface area contributed by atoms with Crippen molar-refractivity contribution < 1.29 is 12.8 Å². The number of hydrogen-bond donors (Lipinski definition) is 2. The zero-order valence-corrected chi connectivity index (χ0v) is 23.2. The summed E-state index contributed by atoms with van der Waals surface area (Å²) >= 11 is 0. The number of halogens is 1. The number of benzene rings is 1. The van der Waals surface area contributed by atoms with Gasteiger partial charge in [0.05, 0.1) is 23.1 Å². The molecular weight excluding hydrogens is 529 g/mol. The van der Waals surface area contributed by atoms with Gasteiger partial charge in [-0.3, -0.25) is 4.72 Å². The number of pyridine rings is 1. The highest BCUT2D eigenvalue weighted by molar-refractivity contribution is 7.92. The van der Waals surface area contributed by atoms with Crippen LogP contribution in [-0.4, -0.2) is 54.4 Å². The Morgan fingerprint density at radius 1 is 1.12 bits per heavy atom. The number of hydrogen-bond acceptors (Lipinski definition) is 8. The summed E-state index contributed by atoms with van der Waals surface area (Å²) in [4.78, 5) is 15.8. The third-order valence-electron chi connectivity index (χ3n) is 7.17. The highest BCUT2D eigenvalue weighted by Crippen LogP contribution is 2.29. The van der Waals surface area contributed by atoms with Crippen LogP contribution < -0.4 is 10.0 Å².